The fourth-order valence-electron chi connectivity index (χ4n) is 1.77. The van der Waals surface area contributed by atoms with Crippen LogP contribution in [0.2, 0.25) is 0 Å². The van der Waals surface area contributed by atoms with E-state index < -0.39 is 0 Å². The largest absolute Gasteiger partial charge is 0.326 e. The lowest BCUT2D eigenvalue weighted by Crippen LogP contribution is -2.47. The van der Waals surface area contributed by atoms with Crippen molar-refractivity contribution in [3.05, 3.63) is 29.8 Å². The van der Waals surface area contributed by atoms with Crippen molar-refractivity contribution in [3.8, 4) is 0 Å². The molecule has 2 N–H and O–H groups in total. The zero-order chi connectivity index (χ0) is 15.3. The van der Waals surface area contributed by atoms with Gasteiger partial charge < -0.3 is 15.5 Å². The van der Waals surface area contributed by atoms with Crippen LogP contribution in [-0.4, -0.2) is 37.0 Å². The second kappa shape index (κ2) is 6.86. The van der Waals surface area contributed by atoms with Crippen LogP contribution in [0, 0.1) is 0 Å². The zero-order valence-electron chi connectivity index (χ0n) is 13.4. The smallest absolute Gasteiger partial charge is 0.221 e. The maximum atomic E-state index is 11.1. The average Bonchev–Trinajstić information content (AvgIpc) is 2.35. The van der Waals surface area contributed by atoms with Gasteiger partial charge in [0.2, 0.25) is 5.91 Å². The highest BCUT2D eigenvalue weighted by Crippen LogP contribution is 2.18. The number of hydrogen-bond acceptors (Lipinski definition) is 3. The Bertz CT molecular complexity index is 455. The topological polar surface area (TPSA) is 44.4 Å². The van der Waals surface area contributed by atoms with E-state index in [9.17, 15) is 4.79 Å². The second-order valence-electron chi connectivity index (χ2n) is 6.12. The molecule has 0 radical (unpaired) electrons. The average molecular weight is 277 g/mol. The van der Waals surface area contributed by atoms with Gasteiger partial charge in [0.25, 0.3) is 0 Å². The molecule has 1 amide bonds. The Morgan fingerprint density at radius 1 is 1.35 bits per heavy atom. The number of nitrogens with one attached hydrogen (secondary N) is 2. The fraction of sp³-hybridized carbons (Fsp3) is 0.562. The highest BCUT2D eigenvalue weighted by Gasteiger charge is 2.21. The Morgan fingerprint density at radius 2 is 2.00 bits per heavy atom. The summed E-state index contributed by atoms with van der Waals surface area (Å²) in [5, 5.41) is 6.36. The van der Waals surface area contributed by atoms with E-state index in [-0.39, 0.29) is 17.5 Å². The minimum atomic E-state index is -0.0449. The molecule has 0 aromatic heterocycles. The molecular formula is C16H27N3O. The first kappa shape index (κ1) is 16.7. The van der Waals surface area contributed by atoms with Crippen molar-refractivity contribution in [1.82, 2.24) is 10.2 Å². The van der Waals surface area contributed by atoms with Crippen molar-refractivity contribution in [1.29, 1.82) is 0 Å². The summed E-state index contributed by atoms with van der Waals surface area (Å²) < 4.78 is 0. The van der Waals surface area contributed by atoms with Gasteiger partial charge in [-0.25, -0.2) is 0 Å². The summed E-state index contributed by atoms with van der Waals surface area (Å²) in [4.78, 5) is 13.3. The van der Waals surface area contributed by atoms with E-state index in [0.717, 1.165) is 12.2 Å². The predicted octanol–water partition coefficient (Wildman–Crippen LogP) is 2.64. The van der Waals surface area contributed by atoms with Crippen LogP contribution >= 0.6 is 0 Å². The van der Waals surface area contributed by atoms with Gasteiger partial charge in [-0.3, -0.25) is 4.79 Å². The van der Waals surface area contributed by atoms with Crippen LogP contribution in [0.25, 0.3) is 0 Å². The van der Waals surface area contributed by atoms with Crippen molar-refractivity contribution in [3.63, 3.8) is 0 Å². The normalized spacial score (nSPS) is 13.3. The molecule has 1 aromatic rings. The number of rotatable bonds is 6. The van der Waals surface area contributed by atoms with E-state index in [1.165, 1.54) is 12.5 Å². The maximum Gasteiger partial charge on any atom is 0.221 e. The number of likely N-dealkylation sites (N-methyl/N-ethyl adjacent to an activating group) is 1. The molecule has 0 aliphatic rings. The fourth-order valence-corrected chi connectivity index (χ4v) is 1.77. The molecule has 0 saturated carbocycles. The molecule has 0 fully saturated rings. The lowest BCUT2D eigenvalue weighted by molar-refractivity contribution is -0.114. The number of anilines is 1. The Morgan fingerprint density at radius 3 is 2.55 bits per heavy atom. The molecule has 4 nitrogen and oxygen atoms in total. The van der Waals surface area contributed by atoms with Crippen molar-refractivity contribution in [2.24, 2.45) is 0 Å². The molecule has 0 aliphatic carbocycles. The first-order valence-electron chi connectivity index (χ1n) is 7.01. The summed E-state index contributed by atoms with van der Waals surface area (Å²) in [6.45, 7) is 8.97. The molecule has 1 aromatic carbocycles. The first-order valence-corrected chi connectivity index (χ1v) is 7.01. The minimum Gasteiger partial charge on any atom is -0.326 e. The summed E-state index contributed by atoms with van der Waals surface area (Å²) >= 11 is 0. The van der Waals surface area contributed by atoms with E-state index in [1.54, 1.807) is 0 Å². The number of carbonyl (C=O) groups is 1. The summed E-state index contributed by atoms with van der Waals surface area (Å²) in [5.74, 6) is -0.0449. The van der Waals surface area contributed by atoms with Crippen molar-refractivity contribution < 1.29 is 4.79 Å². The molecule has 0 saturated heterocycles. The lowest BCUT2D eigenvalue weighted by atomic mass is 10.0. The number of carbonyl (C=O) groups excluding carboxylic acids is 1. The molecule has 0 heterocycles. The molecule has 1 unspecified atom stereocenters. The van der Waals surface area contributed by atoms with Crippen molar-refractivity contribution in [2.45, 2.75) is 39.3 Å². The van der Waals surface area contributed by atoms with Gasteiger partial charge in [-0.2, -0.15) is 0 Å². The van der Waals surface area contributed by atoms with E-state index in [2.05, 4.69) is 56.5 Å². The van der Waals surface area contributed by atoms with E-state index in [4.69, 9.17) is 0 Å². The van der Waals surface area contributed by atoms with Crippen LogP contribution in [0.15, 0.2) is 24.3 Å². The molecule has 0 bridgehead atoms. The summed E-state index contributed by atoms with van der Waals surface area (Å²) in [6.07, 6.45) is 0. The molecule has 1 rings (SSSR count). The zero-order valence-corrected chi connectivity index (χ0v) is 13.4. The molecule has 4 heteroatoms. The quantitative estimate of drug-likeness (QED) is 0.840. The Labute approximate surface area is 122 Å². The van der Waals surface area contributed by atoms with Crippen molar-refractivity contribution in [2.75, 3.05) is 26.0 Å². The Balaban J connectivity index is 2.68. The lowest BCUT2D eigenvalue weighted by Gasteiger charge is -2.34. The summed E-state index contributed by atoms with van der Waals surface area (Å²) in [7, 11) is 4.17. The van der Waals surface area contributed by atoms with Gasteiger partial charge in [0.15, 0.2) is 0 Å². The number of amides is 1. The van der Waals surface area contributed by atoms with Crippen LogP contribution in [0.1, 0.15) is 39.3 Å². The predicted molar refractivity (Wildman–Crippen MR) is 84.9 cm³/mol. The third kappa shape index (κ3) is 4.94. The van der Waals surface area contributed by atoms with Crippen LogP contribution in [0.4, 0.5) is 5.69 Å². The van der Waals surface area contributed by atoms with Gasteiger partial charge in [0.05, 0.1) is 0 Å². The van der Waals surface area contributed by atoms with Crippen LogP contribution in [0.3, 0.4) is 0 Å². The van der Waals surface area contributed by atoms with Gasteiger partial charge in [0, 0.05) is 30.7 Å². The van der Waals surface area contributed by atoms with Crippen LogP contribution < -0.4 is 10.6 Å². The van der Waals surface area contributed by atoms with Gasteiger partial charge in [0.1, 0.15) is 0 Å². The minimum absolute atomic E-state index is 0.0449. The monoisotopic (exact) mass is 277 g/mol. The molecule has 0 aliphatic heterocycles. The first-order chi connectivity index (χ1) is 9.22. The van der Waals surface area contributed by atoms with Gasteiger partial charge >= 0.3 is 0 Å². The highest BCUT2D eigenvalue weighted by atomic mass is 16.1. The summed E-state index contributed by atoms with van der Waals surface area (Å²) in [5.41, 5.74) is 2.12. The standard InChI is InChI=1S/C16H27N3O/c1-12(17-11-16(3,4)19(5)6)14-8-7-9-15(10-14)18-13(2)20/h7-10,12,17H,11H2,1-6H3,(H,18,20). The number of hydrogen-bond donors (Lipinski definition) is 2. The van der Waals surface area contributed by atoms with Gasteiger partial charge in [-0.1, -0.05) is 12.1 Å². The number of nitrogens with zero attached hydrogens (tertiary/aromatic N) is 1. The maximum absolute atomic E-state index is 11.1. The molecule has 20 heavy (non-hydrogen) atoms. The van der Waals surface area contributed by atoms with E-state index in [0.29, 0.717) is 0 Å². The molecule has 112 valence electrons. The van der Waals surface area contributed by atoms with E-state index in [1.807, 2.05) is 18.2 Å². The van der Waals surface area contributed by atoms with Gasteiger partial charge in [-0.05, 0) is 52.6 Å². The van der Waals surface area contributed by atoms with Crippen LogP contribution in [-0.2, 0) is 4.79 Å². The third-order valence-electron chi connectivity index (χ3n) is 3.76. The second-order valence-corrected chi connectivity index (χ2v) is 6.12. The summed E-state index contributed by atoms with van der Waals surface area (Å²) in [6, 6.07) is 8.20. The number of benzene rings is 1. The Kier molecular flexibility index (Phi) is 5.72. The van der Waals surface area contributed by atoms with Gasteiger partial charge in [-0.15, -0.1) is 0 Å². The third-order valence-corrected chi connectivity index (χ3v) is 3.76. The highest BCUT2D eigenvalue weighted by molar-refractivity contribution is 5.88. The SMILES string of the molecule is CC(=O)Nc1cccc(C(C)NCC(C)(C)N(C)C)c1. The molecule has 1 atom stereocenters. The Hall–Kier alpha value is -1.39. The molecular weight excluding hydrogens is 250 g/mol. The van der Waals surface area contributed by atoms with E-state index >= 15 is 0 Å². The van der Waals surface area contributed by atoms with Crippen LogP contribution in [0.5, 0.6) is 0 Å². The van der Waals surface area contributed by atoms with Crippen molar-refractivity contribution >= 4 is 11.6 Å². The molecule has 0 spiro atoms.